The highest BCUT2D eigenvalue weighted by Gasteiger charge is 2.46. The van der Waals surface area contributed by atoms with E-state index in [9.17, 15) is 14.8 Å². The summed E-state index contributed by atoms with van der Waals surface area (Å²) in [6.45, 7) is -0.647. The minimum absolute atomic E-state index is 0.647. The molecule has 96 valence electrons. The van der Waals surface area contributed by atoms with Gasteiger partial charge in [0, 0.05) is 0 Å². The monoisotopic (exact) mass is 259 g/mol. The minimum Gasteiger partial charge on any atom is -0.394 e. The molecule has 1 unspecified atom stereocenters. The van der Waals surface area contributed by atoms with Gasteiger partial charge in [0.15, 0.2) is 6.29 Å². The van der Waals surface area contributed by atoms with Gasteiger partial charge < -0.3 is 35.6 Å². The number of phosphoric ester groups is 1. The van der Waals surface area contributed by atoms with E-state index in [1.807, 2.05) is 0 Å². The summed E-state index contributed by atoms with van der Waals surface area (Å²) in [6.07, 6.45) is -5.87. The van der Waals surface area contributed by atoms with Gasteiger partial charge in [-0.3, -0.25) is 4.52 Å². The lowest BCUT2D eigenvalue weighted by Crippen LogP contribution is -2.62. The zero-order valence-corrected chi connectivity index (χ0v) is 8.97. The average molecular weight is 259 g/mol. The summed E-state index contributed by atoms with van der Waals surface area (Å²) in [5, 5.41) is 27.6. The minimum atomic E-state index is -4.86. The third-order valence-electron chi connectivity index (χ3n) is 2.18. The third-order valence-corrected chi connectivity index (χ3v) is 2.70. The Bertz CT molecular complexity index is 282. The number of hydrogen-bond donors (Lipinski definition) is 6. The van der Waals surface area contributed by atoms with E-state index in [-0.39, 0.29) is 0 Å². The molecular formula is C6H14NO8P. The summed E-state index contributed by atoms with van der Waals surface area (Å²) >= 11 is 0. The van der Waals surface area contributed by atoms with Crippen LogP contribution in [0, 0.1) is 0 Å². The van der Waals surface area contributed by atoms with Crippen LogP contribution in [0.5, 0.6) is 0 Å². The van der Waals surface area contributed by atoms with Crippen LogP contribution >= 0.6 is 7.82 Å². The zero-order chi connectivity index (χ0) is 12.5. The topological polar surface area (TPSA) is 163 Å². The molecule has 0 aromatic carbocycles. The van der Waals surface area contributed by atoms with Crippen LogP contribution in [0.1, 0.15) is 0 Å². The molecule has 1 saturated heterocycles. The highest BCUT2D eigenvalue weighted by Crippen LogP contribution is 2.40. The zero-order valence-electron chi connectivity index (χ0n) is 8.08. The molecule has 0 amide bonds. The lowest BCUT2D eigenvalue weighted by molar-refractivity contribution is -0.246. The number of aliphatic hydroxyl groups is 3. The molecule has 0 aromatic rings. The summed E-state index contributed by atoms with van der Waals surface area (Å²) in [4.78, 5) is 17.2. The van der Waals surface area contributed by atoms with Gasteiger partial charge in [0.05, 0.1) is 12.6 Å². The quantitative estimate of drug-likeness (QED) is 0.287. The molecule has 1 heterocycles. The van der Waals surface area contributed by atoms with Crippen molar-refractivity contribution >= 4 is 7.82 Å². The Morgan fingerprint density at radius 2 is 1.94 bits per heavy atom. The van der Waals surface area contributed by atoms with Gasteiger partial charge >= 0.3 is 7.82 Å². The number of nitrogens with two attached hydrogens (primary N) is 1. The highest BCUT2D eigenvalue weighted by atomic mass is 31.2. The van der Waals surface area contributed by atoms with E-state index in [1.54, 1.807) is 0 Å². The Hall–Kier alpha value is -0.0900. The van der Waals surface area contributed by atoms with Crippen LogP contribution in [0.25, 0.3) is 0 Å². The fourth-order valence-corrected chi connectivity index (χ4v) is 1.98. The van der Waals surface area contributed by atoms with Crippen LogP contribution in [-0.2, 0) is 13.8 Å². The molecule has 1 rings (SSSR count). The number of ether oxygens (including phenoxy) is 1. The maximum Gasteiger partial charge on any atom is 0.470 e. The SMILES string of the molecule is N[C@H]1C(O)O[C@H](CO)[C@@H](O)[C@@H]1OP(=O)(O)O. The van der Waals surface area contributed by atoms with Gasteiger partial charge in [-0.1, -0.05) is 0 Å². The molecule has 1 fully saturated rings. The van der Waals surface area contributed by atoms with Crippen LogP contribution in [0.4, 0.5) is 0 Å². The number of rotatable bonds is 3. The molecular weight excluding hydrogens is 245 g/mol. The summed E-state index contributed by atoms with van der Waals surface area (Å²) in [5.41, 5.74) is 5.35. The smallest absolute Gasteiger partial charge is 0.394 e. The van der Waals surface area contributed by atoms with Gasteiger partial charge in [0.25, 0.3) is 0 Å². The second-order valence-corrected chi connectivity index (χ2v) is 4.57. The van der Waals surface area contributed by atoms with Crippen molar-refractivity contribution in [3.05, 3.63) is 0 Å². The molecule has 0 aromatic heterocycles. The Morgan fingerprint density at radius 1 is 1.38 bits per heavy atom. The Labute approximate surface area is 90.6 Å². The van der Waals surface area contributed by atoms with Crippen LogP contribution < -0.4 is 5.73 Å². The van der Waals surface area contributed by atoms with Gasteiger partial charge in [-0.25, -0.2) is 4.57 Å². The van der Waals surface area contributed by atoms with Gasteiger partial charge in [-0.2, -0.15) is 0 Å². The van der Waals surface area contributed by atoms with E-state index in [1.165, 1.54) is 0 Å². The predicted octanol–water partition coefficient (Wildman–Crippen LogP) is -3.14. The first-order valence-electron chi connectivity index (χ1n) is 4.38. The molecule has 0 aliphatic carbocycles. The van der Waals surface area contributed by atoms with E-state index in [2.05, 4.69) is 4.52 Å². The van der Waals surface area contributed by atoms with Crippen LogP contribution in [0.15, 0.2) is 0 Å². The maximum atomic E-state index is 10.6. The average Bonchev–Trinajstić information content (AvgIpc) is 2.17. The van der Waals surface area contributed by atoms with Gasteiger partial charge in [-0.15, -0.1) is 0 Å². The summed E-state index contributed by atoms with van der Waals surface area (Å²) in [5.74, 6) is 0. The molecule has 16 heavy (non-hydrogen) atoms. The van der Waals surface area contributed by atoms with Crippen molar-refractivity contribution in [2.75, 3.05) is 6.61 Å². The number of phosphoric acid groups is 1. The predicted molar refractivity (Wildman–Crippen MR) is 48.9 cm³/mol. The first-order chi connectivity index (χ1) is 7.26. The maximum absolute atomic E-state index is 10.6. The molecule has 0 radical (unpaired) electrons. The summed E-state index contributed by atoms with van der Waals surface area (Å²) in [7, 11) is -4.86. The van der Waals surface area contributed by atoms with E-state index >= 15 is 0 Å². The first-order valence-corrected chi connectivity index (χ1v) is 5.91. The second kappa shape index (κ2) is 5.05. The second-order valence-electron chi connectivity index (χ2n) is 3.38. The Morgan fingerprint density at radius 3 is 2.38 bits per heavy atom. The standard InChI is InChI=1S/C6H14NO8P/c7-3-5(15-16(11,12)13)4(9)2(1-8)14-6(3)10/h2-6,8-10H,1,7H2,(H2,11,12,13)/t2-,3-,4-,5-,6?/m1/s1. The Balaban J connectivity index is 2.81. The molecule has 0 spiro atoms. The van der Waals surface area contributed by atoms with Gasteiger partial charge in [-0.05, 0) is 0 Å². The van der Waals surface area contributed by atoms with Crippen molar-refractivity contribution in [2.45, 2.75) is 30.6 Å². The molecule has 1 aliphatic heterocycles. The van der Waals surface area contributed by atoms with E-state index in [0.717, 1.165) is 0 Å². The third kappa shape index (κ3) is 3.20. The highest BCUT2D eigenvalue weighted by molar-refractivity contribution is 7.46. The van der Waals surface area contributed by atoms with E-state index < -0.39 is 45.1 Å². The van der Waals surface area contributed by atoms with Crippen molar-refractivity contribution in [3.63, 3.8) is 0 Å². The summed E-state index contributed by atoms with van der Waals surface area (Å²) in [6, 6.07) is -1.33. The lowest BCUT2D eigenvalue weighted by Gasteiger charge is -2.40. The molecule has 5 atom stereocenters. The van der Waals surface area contributed by atoms with Crippen molar-refractivity contribution in [1.82, 2.24) is 0 Å². The Kier molecular flexibility index (Phi) is 4.41. The van der Waals surface area contributed by atoms with E-state index in [0.29, 0.717) is 0 Å². The first kappa shape index (κ1) is 14.0. The molecule has 0 saturated carbocycles. The van der Waals surface area contributed by atoms with Gasteiger partial charge in [0.2, 0.25) is 0 Å². The summed E-state index contributed by atoms with van der Waals surface area (Å²) < 4.78 is 19.6. The van der Waals surface area contributed by atoms with Crippen molar-refractivity contribution in [1.29, 1.82) is 0 Å². The molecule has 10 heteroatoms. The van der Waals surface area contributed by atoms with Crippen LogP contribution in [0.2, 0.25) is 0 Å². The van der Waals surface area contributed by atoms with Crippen molar-refractivity contribution in [3.8, 4) is 0 Å². The van der Waals surface area contributed by atoms with Gasteiger partial charge in [0.1, 0.15) is 18.3 Å². The fourth-order valence-electron chi connectivity index (χ4n) is 1.39. The largest absolute Gasteiger partial charge is 0.470 e. The van der Waals surface area contributed by atoms with E-state index in [4.69, 9.17) is 25.4 Å². The van der Waals surface area contributed by atoms with Crippen LogP contribution in [0.3, 0.4) is 0 Å². The fraction of sp³-hybridized carbons (Fsp3) is 1.00. The number of aliphatic hydroxyl groups excluding tert-OH is 3. The molecule has 0 bridgehead atoms. The molecule has 7 N–H and O–H groups in total. The van der Waals surface area contributed by atoms with Crippen LogP contribution in [-0.4, -0.2) is 62.4 Å². The lowest BCUT2D eigenvalue weighted by atomic mass is 9.98. The molecule has 1 aliphatic rings. The molecule has 9 nitrogen and oxygen atoms in total. The normalized spacial score (nSPS) is 41.0. The van der Waals surface area contributed by atoms with Crippen molar-refractivity contribution < 1.29 is 38.9 Å². The van der Waals surface area contributed by atoms with Crippen molar-refractivity contribution in [2.24, 2.45) is 5.73 Å². The number of hydrogen-bond acceptors (Lipinski definition) is 7.